The van der Waals surface area contributed by atoms with Crippen LogP contribution < -0.4 is 5.32 Å². The second kappa shape index (κ2) is 9.48. The van der Waals surface area contributed by atoms with Crippen molar-refractivity contribution in [3.63, 3.8) is 0 Å². The number of nitrogens with zero attached hydrogens (tertiary/aromatic N) is 3. The van der Waals surface area contributed by atoms with E-state index in [0.717, 1.165) is 29.9 Å². The van der Waals surface area contributed by atoms with E-state index >= 15 is 0 Å². The van der Waals surface area contributed by atoms with Crippen molar-refractivity contribution in [2.45, 2.75) is 50.5 Å². The van der Waals surface area contributed by atoms with Crippen LogP contribution in [0.15, 0.2) is 41.3 Å². The van der Waals surface area contributed by atoms with Crippen LogP contribution in [0.1, 0.15) is 36.7 Å². The molecule has 9 heteroatoms. The molecule has 1 saturated heterocycles. The quantitative estimate of drug-likeness (QED) is 0.558. The first-order chi connectivity index (χ1) is 16.5. The second-order valence-corrected chi connectivity index (χ2v) is 10.8. The second-order valence-electron chi connectivity index (χ2n) is 8.82. The van der Waals surface area contributed by atoms with E-state index in [1.54, 1.807) is 12.1 Å². The highest BCUT2D eigenvalue weighted by molar-refractivity contribution is 7.89. The molecule has 0 unspecified atom stereocenters. The maximum atomic E-state index is 13.0. The molecule has 1 aromatic heterocycles. The molecule has 8 nitrogen and oxygen atoms in total. The van der Waals surface area contributed by atoms with Gasteiger partial charge in [0.25, 0.3) is 0 Å². The zero-order valence-corrected chi connectivity index (χ0v) is 20.2. The van der Waals surface area contributed by atoms with Crippen LogP contribution in [0.5, 0.6) is 0 Å². The van der Waals surface area contributed by atoms with Crippen molar-refractivity contribution < 1.29 is 17.9 Å². The van der Waals surface area contributed by atoms with Crippen LogP contribution in [0.4, 0.5) is 5.69 Å². The largest absolute Gasteiger partial charge is 0.379 e. The standard InChI is InChI=1S/C25H30N4O4S/c1-2-29-23-9-8-21(34(31,32)28-12-14-33-15-13-28)17-22(23)27-24(29)10-11-25(30)26-20-7-6-18-4-3-5-19(18)16-20/h6-9,16-17H,2-5,10-15H2,1H3,(H,26,30). The summed E-state index contributed by atoms with van der Waals surface area (Å²) in [6, 6.07) is 11.3. The van der Waals surface area contributed by atoms with Gasteiger partial charge in [-0.2, -0.15) is 4.31 Å². The molecule has 1 aliphatic carbocycles. The van der Waals surface area contributed by atoms with Gasteiger partial charge in [0.2, 0.25) is 15.9 Å². The Morgan fingerprint density at radius 2 is 1.88 bits per heavy atom. The Morgan fingerprint density at radius 1 is 1.09 bits per heavy atom. The molecule has 0 bridgehead atoms. The highest BCUT2D eigenvalue weighted by Crippen LogP contribution is 2.26. The first kappa shape index (κ1) is 23.0. The summed E-state index contributed by atoms with van der Waals surface area (Å²) in [5, 5.41) is 3.01. The fourth-order valence-electron chi connectivity index (χ4n) is 4.90. The molecule has 1 aliphatic heterocycles. The maximum absolute atomic E-state index is 13.0. The molecule has 1 amide bonds. The van der Waals surface area contributed by atoms with Crippen LogP contribution in [0.2, 0.25) is 0 Å². The van der Waals surface area contributed by atoms with Gasteiger partial charge in [-0.3, -0.25) is 4.79 Å². The fourth-order valence-corrected chi connectivity index (χ4v) is 6.33. The van der Waals surface area contributed by atoms with Gasteiger partial charge in [-0.05, 0) is 67.6 Å². The van der Waals surface area contributed by atoms with Gasteiger partial charge in [0, 0.05) is 38.2 Å². The van der Waals surface area contributed by atoms with Gasteiger partial charge in [0.15, 0.2) is 0 Å². The minimum Gasteiger partial charge on any atom is -0.379 e. The van der Waals surface area contributed by atoms with Crippen molar-refractivity contribution in [2.75, 3.05) is 31.6 Å². The molecule has 3 aromatic rings. The number of carbonyl (C=O) groups excluding carboxylic acids is 1. The lowest BCUT2D eigenvalue weighted by Gasteiger charge is -2.26. The van der Waals surface area contributed by atoms with E-state index in [4.69, 9.17) is 9.72 Å². The number of anilines is 1. The number of carbonyl (C=O) groups is 1. The number of aryl methyl sites for hydroxylation is 4. The molecule has 0 spiro atoms. The Labute approximate surface area is 200 Å². The zero-order chi connectivity index (χ0) is 23.7. The summed E-state index contributed by atoms with van der Waals surface area (Å²) in [6.45, 7) is 4.23. The molecular weight excluding hydrogens is 452 g/mol. The summed E-state index contributed by atoms with van der Waals surface area (Å²) >= 11 is 0. The molecule has 1 N–H and O–H groups in total. The third kappa shape index (κ3) is 4.47. The molecule has 2 aliphatic rings. The van der Waals surface area contributed by atoms with Crippen LogP contribution in [-0.2, 0) is 45.4 Å². The van der Waals surface area contributed by atoms with Crippen molar-refractivity contribution in [3.8, 4) is 0 Å². The van der Waals surface area contributed by atoms with Gasteiger partial charge in [-0.15, -0.1) is 0 Å². The normalized spacial score (nSPS) is 16.6. The van der Waals surface area contributed by atoms with E-state index in [0.29, 0.717) is 51.2 Å². The number of sulfonamides is 1. The monoisotopic (exact) mass is 482 g/mol. The fraction of sp³-hybridized carbons (Fsp3) is 0.440. The predicted molar refractivity (Wildman–Crippen MR) is 130 cm³/mol. The maximum Gasteiger partial charge on any atom is 0.243 e. The van der Waals surface area contributed by atoms with Crippen LogP contribution in [-0.4, -0.2) is 54.5 Å². The number of nitrogens with one attached hydrogen (secondary N) is 1. The summed E-state index contributed by atoms with van der Waals surface area (Å²) in [5.41, 5.74) is 5.05. The highest BCUT2D eigenvalue weighted by atomic mass is 32.2. The van der Waals surface area contributed by atoms with Crippen LogP contribution in [0, 0.1) is 0 Å². The predicted octanol–water partition coefficient (Wildman–Crippen LogP) is 3.14. The van der Waals surface area contributed by atoms with E-state index in [2.05, 4.69) is 17.4 Å². The molecule has 5 rings (SSSR count). The molecule has 0 saturated carbocycles. The third-order valence-corrected chi connectivity index (χ3v) is 8.58. The van der Waals surface area contributed by atoms with Crippen LogP contribution in [0.25, 0.3) is 11.0 Å². The summed E-state index contributed by atoms with van der Waals surface area (Å²) in [4.78, 5) is 17.6. The number of morpholine rings is 1. The van der Waals surface area contributed by atoms with E-state index in [-0.39, 0.29) is 10.8 Å². The number of aromatic nitrogens is 2. The average molecular weight is 483 g/mol. The van der Waals surface area contributed by atoms with Crippen molar-refractivity contribution in [2.24, 2.45) is 0 Å². The zero-order valence-electron chi connectivity index (χ0n) is 19.4. The van der Waals surface area contributed by atoms with Gasteiger partial charge in [0.1, 0.15) is 5.82 Å². The van der Waals surface area contributed by atoms with Crippen molar-refractivity contribution in [3.05, 3.63) is 53.3 Å². The number of benzene rings is 2. The Kier molecular flexibility index (Phi) is 6.42. The molecule has 0 atom stereocenters. The SMILES string of the molecule is CCn1c(CCC(=O)Nc2ccc3c(c2)CCC3)nc2cc(S(=O)(=O)N3CCOCC3)ccc21. The minimum absolute atomic E-state index is 0.0526. The molecule has 1 fully saturated rings. The van der Waals surface area contributed by atoms with Crippen molar-refractivity contribution >= 4 is 32.7 Å². The molecular formula is C25H30N4O4S. The Hall–Kier alpha value is -2.75. The smallest absolute Gasteiger partial charge is 0.243 e. The van der Waals surface area contributed by atoms with Gasteiger partial charge in [0.05, 0.1) is 29.1 Å². The van der Waals surface area contributed by atoms with E-state index in [9.17, 15) is 13.2 Å². The number of amides is 1. The topological polar surface area (TPSA) is 93.5 Å². The minimum atomic E-state index is -3.59. The van der Waals surface area contributed by atoms with Gasteiger partial charge >= 0.3 is 0 Å². The van der Waals surface area contributed by atoms with Gasteiger partial charge in [-0.1, -0.05) is 6.07 Å². The Morgan fingerprint density at radius 3 is 2.68 bits per heavy atom. The van der Waals surface area contributed by atoms with E-state index in [1.165, 1.54) is 21.9 Å². The van der Waals surface area contributed by atoms with Crippen molar-refractivity contribution in [1.82, 2.24) is 13.9 Å². The molecule has 2 heterocycles. The van der Waals surface area contributed by atoms with E-state index < -0.39 is 10.0 Å². The molecule has 2 aromatic carbocycles. The Balaban J connectivity index is 1.31. The lowest BCUT2D eigenvalue weighted by atomic mass is 10.1. The Bertz CT molecular complexity index is 1330. The summed E-state index contributed by atoms with van der Waals surface area (Å²) in [6.07, 6.45) is 4.15. The highest BCUT2D eigenvalue weighted by Gasteiger charge is 2.27. The molecule has 180 valence electrons. The number of hydrogen-bond donors (Lipinski definition) is 1. The van der Waals surface area contributed by atoms with Crippen LogP contribution >= 0.6 is 0 Å². The summed E-state index contributed by atoms with van der Waals surface area (Å²) in [5.74, 6) is 0.728. The number of hydrogen-bond acceptors (Lipinski definition) is 5. The van der Waals surface area contributed by atoms with Crippen LogP contribution in [0.3, 0.4) is 0 Å². The van der Waals surface area contributed by atoms with E-state index in [1.807, 2.05) is 23.6 Å². The third-order valence-electron chi connectivity index (χ3n) is 6.68. The van der Waals surface area contributed by atoms with Gasteiger partial charge in [-0.25, -0.2) is 13.4 Å². The van der Waals surface area contributed by atoms with Crippen molar-refractivity contribution in [1.29, 1.82) is 0 Å². The molecule has 0 radical (unpaired) electrons. The number of fused-ring (bicyclic) bond motifs is 2. The molecule has 34 heavy (non-hydrogen) atoms. The number of ether oxygens (including phenoxy) is 1. The summed E-state index contributed by atoms with van der Waals surface area (Å²) in [7, 11) is -3.59. The lowest BCUT2D eigenvalue weighted by molar-refractivity contribution is -0.116. The number of rotatable bonds is 7. The first-order valence-corrected chi connectivity index (χ1v) is 13.4. The van der Waals surface area contributed by atoms with Gasteiger partial charge < -0.3 is 14.6 Å². The number of imidazole rings is 1. The lowest BCUT2D eigenvalue weighted by Crippen LogP contribution is -2.40. The average Bonchev–Trinajstić information content (AvgIpc) is 3.46. The first-order valence-electron chi connectivity index (χ1n) is 11.9. The summed E-state index contributed by atoms with van der Waals surface area (Å²) < 4.78 is 34.9.